The fraction of sp³-hybridized carbons (Fsp3) is 0.333. The number of rotatable bonds is 2. The van der Waals surface area contributed by atoms with Crippen LogP contribution in [0.2, 0.25) is 0 Å². The van der Waals surface area contributed by atoms with E-state index in [2.05, 4.69) is 11.3 Å². The summed E-state index contributed by atoms with van der Waals surface area (Å²) in [6.45, 7) is 5.44. The lowest BCUT2D eigenvalue weighted by Crippen LogP contribution is -1.96. The molecule has 3 heteroatoms. The fourth-order valence-corrected chi connectivity index (χ4v) is 0.929. The summed E-state index contributed by atoms with van der Waals surface area (Å²) in [6.07, 6.45) is 3.38. The maximum absolute atomic E-state index is 10.9. The van der Waals surface area contributed by atoms with E-state index in [1.165, 1.54) is 0 Å². The second-order valence-corrected chi connectivity index (χ2v) is 2.56. The molecule has 3 nitrogen and oxygen atoms in total. The van der Waals surface area contributed by atoms with Gasteiger partial charge in [0, 0.05) is 0 Å². The molecule has 64 valence electrons. The third-order valence-electron chi connectivity index (χ3n) is 1.61. The van der Waals surface area contributed by atoms with E-state index in [-0.39, 0.29) is 5.57 Å². The van der Waals surface area contributed by atoms with Crippen molar-refractivity contribution in [1.29, 1.82) is 0 Å². The molecule has 0 aromatic heterocycles. The van der Waals surface area contributed by atoms with Gasteiger partial charge in [0.2, 0.25) is 0 Å². The first-order valence-electron chi connectivity index (χ1n) is 3.82. The molecule has 0 aromatic carbocycles. The molecule has 0 amide bonds. The second-order valence-electron chi connectivity index (χ2n) is 2.56. The van der Waals surface area contributed by atoms with Crippen LogP contribution in [0.5, 0.6) is 0 Å². The molecule has 1 aliphatic heterocycles. The van der Waals surface area contributed by atoms with Gasteiger partial charge in [-0.05, 0) is 6.42 Å². The highest BCUT2D eigenvalue weighted by molar-refractivity contribution is 6.17. The Morgan fingerprint density at radius 1 is 1.42 bits per heavy atom. The number of hydrogen-bond acceptors (Lipinski definition) is 3. The van der Waals surface area contributed by atoms with E-state index < -0.39 is 11.9 Å². The van der Waals surface area contributed by atoms with Crippen molar-refractivity contribution in [1.82, 2.24) is 0 Å². The summed E-state index contributed by atoms with van der Waals surface area (Å²) < 4.78 is 4.34. The third-order valence-corrected chi connectivity index (χ3v) is 1.61. The van der Waals surface area contributed by atoms with Gasteiger partial charge in [-0.15, -0.1) is 0 Å². The molecule has 0 aromatic rings. The van der Waals surface area contributed by atoms with Gasteiger partial charge in [-0.3, -0.25) is 0 Å². The molecule has 0 aliphatic carbocycles. The number of cyclic esters (lactones) is 2. The summed E-state index contributed by atoms with van der Waals surface area (Å²) in [5.41, 5.74) is 0.496. The van der Waals surface area contributed by atoms with E-state index >= 15 is 0 Å². The zero-order valence-electron chi connectivity index (χ0n) is 6.92. The van der Waals surface area contributed by atoms with Gasteiger partial charge in [0.15, 0.2) is 0 Å². The molecule has 0 radical (unpaired) electrons. The number of ether oxygens (including phenoxy) is 1. The average molecular weight is 166 g/mol. The van der Waals surface area contributed by atoms with Crippen LogP contribution in [0.25, 0.3) is 0 Å². The van der Waals surface area contributed by atoms with E-state index in [4.69, 9.17) is 0 Å². The van der Waals surface area contributed by atoms with Gasteiger partial charge in [-0.25, -0.2) is 9.59 Å². The second kappa shape index (κ2) is 3.34. The Bertz CT molecular complexity index is 273. The lowest BCUT2D eigenvalue weighted by molar-refractivity contribution is -0.149. The summed E-state index contributed by atoms with van der Waals surface area (Å²) in [5, 5.41) is 0. The molecule has 1 fully saturated rings. The number of esters is 2. The monoisotopic (exact) mass is 166 g/mol. The maximum atomic E-state index is 10.9. The van der Waals surface area contributed by atoms with Crippen molar-refractivity contribution < 1.29 is 14.3 Å². The van der Waals surface area contributed by atoms with Crippen LogP contribution in [0.3, 0.4) is 0 Å². The molecule has 0 spiro atoms. The Morgan fingerprint density at radius 2 is 2.08 bits per heavy atom. The summed E-state index contributed by atoms with van der Waals surface area (Å²) >= 11 is 0. The summed E-state index contributed by atoms with van der Waals surface area (Å²) in [4.78, 5) is 21.7. The first-order chi connectivity index (χ1) is 5.66. The van der Waals surface area contributed by atoms with Crippen LogP contribution in [0.1, 0.15) is 19.8 Å². The van der Waals surface area contributed by atoms with Crippen molar-refractivity contribution in [2.75, 3.05) is 0 Å². The van der Waals surface area contributed by atoms with Crippen LogP contribution in [0.4, 0.5) is 0 Å². The predicted octanol–water partition coefficient (Wildman–Crippen LogP) is 1.35. The quantitative estimate of drug-likeness (QED) is 0.353. The van der Waals surface area contributed by atoms with Crippen molar-refractivity contribution in [3.8, 4) is 0 Å². The van der Waals surface area contributed by atoms with Crippen molar-refractivity contribution in [2.24, 2.45) is 0 Å². The summed E-state index contributed by atoms with van der Waals surface area (Å²) in [7, 11) is 0. The summed E-state index contributed by atoms with van der Waals surface area (Å²) in [6, 6.07) is 0. The topological polar surface area (TPSA) is 43.4 Å². The molecule has 1 rings (SSSR count). The van der Waals surface area contributed by atoms with Crippen molar-refractivity contribution in [3.63, 3.8) is 0 Å². The molecule has 0 saturated carbocycles. The number of carbonyl (C=O) groups is 2. The molecule has 0 bridgehead atoms. The Morgan fingerprint density at radius 3 is 2.50 bits per heavy atom. The fourth-order valence-electron chi connectivity index (χ4n) is 0.929. The highest BCUT2D eigenvalue weighted by atomic mass is 16.6. The Hall–Kier alpha value is -1.38. The highest BCUT2D eigenvalue weighted by Gasteiger charge is 2.30. The first kappa shape index (κ1) is 8.71. The van der Waals surface area contributed by atoms with Gasteiger partial charge in [-0.2, -0.15) is 0 Å². The van der Waals surface area contributed by atoms with Crippen molar-refractivity contribution in [3.05, 3.63) is 23.8 Å². The van der Waals surface area contributed by atoms with E-state index in [9.17, 15) is 9.59 Å². The molecule has 1 heterocycles. The van der Waals surface area contributed by atoms with E-state index in [0.29, 0.717) is 5.57 Å². The standard InChI is InChI=1S/C9H10O3/c1-3-4-5-7-6(2)8(10)12-9(7)11/h5H,2-4H2,1H3. The van der Waals surface area contributed by atoms with E-state index in [1.807, 2.05) is 6.92 Å². The van der Waals surface area contributed by atoms with Gasteiger partial charge in [-0.1, -0.05) is 26.0 Å². The van der Waals surface area contributed by atoms with Crippen LogP contribution in [0.15, 0.2) is 23.8 Å². The zero-order valence-corrected chi connectivity index (χ0v) is 6.92. The smallest absolute Gasteiger partial charge is 0.346 e. The molecule has 1 saturated heterocycles. The van der Waals surface area contributed by atoms with Crippen molar-refractivity contribution in [2.45, 2.75) is 19.8 Å². The molecular formula is C9H10O3. The van der Waals surface area contributed by atoms with Crippen LogP contribution in [-0.4, -0.2) is 11.9 Å². The van der Waals surface area contributed by atoms with Gasteiger partial charge in [0.25, 0.3) is 0 Å². The lowest BCUT2D eigenvalue weighted by Gasteiger charge is -1.89. The molecule has 0 atom stereocenters. The number of allylic oxidation sites excluding steroid dienone is 1. The maximum Gasteiger partial charge on any atom is 0.346 e. The Labute approximate surface area is 70.7 Å². The SMILES string of the molecule is C=C1C(=O)OC(=O)C1=CCCC. The van der Waals surface area contributed by atoms with E-state index in [1.54, 1.807) is 6.08 Å². The van der Waals surface area contributed by atoms with Gasteiger partial charge < -0.3 is 4.74 Å². The number of unbranched alkanes of at least 4 members (excludes halogenated alkanes) is 1. The van der Waals surface area contributed by atoms with Gasteiger partial charge in [0.1, 0.15) is 0 Å². The Kier molecular flexibility index (Phi) is 2.43. The molecule has 0 N–H and O–H groups in total. The average Bonchev–Trinajstić information content (AvgIpc) is 2.25. The summed E-state index contributed by atoms with van der Waals surface area (Å²) in [5.74, 6) is -1.19. The minimum absolute atomic E-state index is 0.174. The highest BCUT2D eigenvalue weighted by Crippen LogP contribution is 2.20. The van der Waals surface area contributed by atoms with Crippen LogP contribution in [0, 0.1) is 0 Å². The minimum atomic E-state index is -0.623. The van der Waals surface area contributed by atoms with Crippen molar-refractivity contribution >= 4 is 11.9 Å². The lowest BCUT2D eigenvalue weighted by atomic mass is 10.1. The normalized spacial score (nSPS) is 20.4. The third kappa shape index (κ3) is 1.44. The van der Waals surface area contributed by atoms with Crippen LogP contribution < -0.4 is 0 Å². The molecule has 1 aliphatic rings. The van der Waals surface area contributed by atoms with E-state index in [0.717, 1.165) is 12.8 Å². The minimum Gasteiger partial charge on any atom is -0.386 e. The first-order valence-corrected chi connectivity index (χ1v) is 3.82. The predicted molar refractivity (Wildman–Crippen MR) is 43.2 cm³/mol. The zero-order chi connectivity index (χ0) is 9.14. The molecule has 12 heavy (non-hydrogen) atoms. The number of hydrogen-bond donors (Lipinski definition) is 0. The van der Waals surface area contributed by atoms with Gasteiger partial charge in [0.05, 0.1) is 11.1 Å². The Balaban J connectivity index is 2.83. The number of carbonyl (C=O) groups excluding carboxylic acids is 2. The van der Waals surface area contributed by atoms with Crippen LogP contribution >= 0.6 is 0 Å². The van der Waals surface area contributed by atoms with Gasteiger partial charge >= 0.3 is 11.9 Å². The largest absolute Gasteiger partial charge is 0.386 e. The molecular weight excluding hydrogens is 156 g/mol. The molecule has 0 unspecified atom stereocenters. The van der Waals surface area contributed by atoms with Crippen LogP contribution in [-0.2, 0) is 14.3 Å².